The molecule has 0 bridgehead atoms. The van der Waals surface area contributed by atoms with E-state index in [1.54, 1.807) is 0 Å². The van der Waals surface area contributed by atoms with Crippen LogP contribution in [0.3, 0.4) is 0 Å². The monoisotopic (exact) mass is 238 g/mol. The van der Waals surface area contributed by atoms with Crippen molar-refractivity contribution in [2.24, 2.45) is 23.2 Å². The van der Waals surface area contributed by atoms with Crippen LogP contribution in [-0.2, 0) is 0 Å². The molecule has 0 radical (unpaired) electrons. The zero-order valence-corrected chi connectivity index (χ0v) is 12.9. The Morgan fingerprint density at radius 1 is 1.06 bits per heavy atom. The van der Waals surface area contributed by atoms with Crippen LogP contribution in [-0.4, -0.2) is 0 Å². The lowest BCUT2D eigenvalue weighted by Gasteiger charge is -2.44. The van der Waals surface area contributed by atoms with E-state index in [9.17, 15) is 0 Å². The Morgan fingerprint density at radius 2 is 1.65 bits per heavy atom. The molecule has 17 heavy (non-hydrogen) atoms. The molecule has 0 nitrogen and oxygen atoms in total. The van der Waals surface area contributed by atoms with Gasteiger partial charge in [0.05, 0.1) is 0 Å². The first-order chi connectivity index (χ1) is 8.02. The van der Waals surface area contributed by atoms with Gasteiger partial charge in [-0.05, 0) is 42.4 Å². The number of hydrogen-bond acceptors (Lipinski definition) is 0. The van der Waals surface area contributed by atoms with E-state index in [0.29, 0.717) is 5.41 Å². The lowest BCUT2D eigenvalue weighted by molar-refractivity contribution is 0.0625. The highest BCUT2D eigenvalue weighted by Gasteiger charge is 2.37. The lowest BCUT2D eigenvalue weighted by atomic mass is 9.61. The molecule has 1 aliphatic carbocycles. The predicted molar refractivity (Wildman–Crippen MR) is 78.2 cm³/mol. The molecule has 1 atom stereocenters. The lowest BCUT2D eigenvalue weighted by Crippen LogP contribution is -2.34. The summed E-state index contributed by atoms with van der Waals surface area (Å²) in [5, 5.41) is 0. The van der Waals surface area contributed by atoms with Gasteiger partial charge in [-0.25, -0.2) is 0 Å². The first-order valence-electron chi connectivity index (χ1n) is 8.02. The average Bonchev–Trinajstić information content (AvgIpc) is 2.30. The van der Waals surface area contributed by atoms with Gasteiger partial charge in [-0.3, -0.25) is 0 Å². The zero-order chi connectivity index (χ0) is 12.9. The van der Waals surface area contributed by atoms with E-state index in [4.69, 9.17) is 0 Å². The SMILES string of the molecule is CCCCC(CC)C(C)(C)C1CCC(C)CC1. The summed E-state index contributed by atoms with van der Waals surface area (Å²) >= 11 is 0. The second-order valence-corrected chi connectivity index (χ2v) is 7.03. The van der Waals surface area contributed by atoms with Crippen molar-refractivity contribution in [1.82, 2.24) is 0 Å². The molecule has 0 amide bonds. The molecule has 0 aromatic rings. The van der Waals surface area contributed by atoms with Crippen LogP contribution in [0.5, 0.6) is 0 Å². The molecule has 0 aromatic carbocycles. The van der Waals surface area contributed by atoms with Crippen LogP contribution in [0.4, 0.5) is 0 Å². The van der Waals surface area contributed by atoms with Crippen molar-refractivity contribution >= 4 is 0 Å². The van der Waals surface area contributed by atoms with Gasteiger partial charge in [-0.2, -0.15) is 0 Å². The summed E-state index contributed by atoms with van der Waals surface area (Å²) in [5.74, 6) is 2.92. The topological polar surface area (TPSA) is 0 Å². The van der Waals surface area contributed by atoms with E-state index < -0.39 is 0 Å². The highest BCUT2D eigenvalue weighted by atomic mass is 14.4. The third kappa shape index (κ3) is 4.00. The predicted octanol–water partition coefficient (Wildman–Crippen LogP) is 6.06. The smallest absolute Gasteiger partial charge is 0.0298 e. The average molecular weight is 238 g/mol. The largest absolute Gasteiger partial charge is 0.0654 e. The van der Waals surface area contributed by atoms with Crippen LogP contribution < -0.4 is 0 Å². The van der Waals surface area contributed by atoms with Gasteiger partial charge in [-0.15, -0.1) is 0 Å². The molecule has 102 valence electrons. The number of hydrogen-bond donors (Lipinski definition) is 0. The van der Waals surface area contributed by atoms with E-state index in [1.165, 1.54) is 51.4 Å². The molecule has 0 aliphatic heterocycles. The fourth-order valence-corrected chi connectivity index (χ4v) is 3.89. The minimum Gasteiger partial charge on any atom is -0.0654 e. The van der Waals surface area contributed by atoms with Gasteiger partial charge in [0.25, 0.3) is 0 Å². The summed E-state index contributed by atoms with van der Waals surface area (Å²) in [6.45, 7) is 12.3. The van der Waals surface area contributed by atoms with Crippen LogP contribution in [0.2, 0.25) is 0 Å². The van der Waals surface area contributed by atoms with Gasteiger partial charge in [0.15, 0.2) is 0 Å². The first-order valence-corrected chi connectivity index (χ1v) is 8.02. The summed E-state index contributed by atoms with van der Waals surface area (Å²) in [4.78, 5) is 0. The second kappa shape index (κ2) is 6.81. The summed E-state index contributed by atoms with van der Waals surface area (Å²) in [5.41, 5.74) is 0.573. The Labute approximate surface area is 110 Å². The normalized spacial score (nSPS) is 28.1. The van der Waals surface area contributed by atoms with Crippen molar-refractivity contribution in [3.8, 4) is 0 Å². The van der Waals surface area contributed by atoms with E-state index in [-0.39, 0.29) is 0 Å². The summed E-state index contributed by atoms with van der Waals surface area (Å²) in [7, 11) is 0. The van der Waals surface area contributed by atoms with Crippen LogP contribution in [0, 0.1) is 23.2 Å². The highest BCUT2D eigenvalue weighted by molar-refractivity contribution is 4.87. The second-order valence-electron chi connectivity index (χ2n) is 7.03. The van der Waals surface area contributed by atoms with Crippen molar-refractivity contribution in [3.05, 3.63) is 0 Å². The van der Waals surface area contributed by atoms with Gasteiger partial charge in [0, 0.05) is 0 Å². The van der Waals surface area contributed by atoms with Crippen LogP contribution in [0.25, 0.3) is 0 Å². The maximum Gasteiger partial charge on any atom is -0.0298 e. The maximum atomic E-state index is 2.55. The Kier molecular flexibility index (Phi) is 6.03. The van der Waals surface area contributed by atoms with Crippen molar-refractivity contribution in [2.75, 3.05) is 0 Å². The molecule has 1 unspecified atom stereocenters. The summed E-state index contributed by atoms with van der Waals surface area (Å²) < 4.78 is 0. The molecular weight excluding hydrogens is 204 g/mol. The molecule has 1 rings (SSSR count). The fraction of sp³-hybridized carbons (Fsp3) is 1.00. The van der Waals surface area contributed by atoms with E-state index in [0.717, 1.165) is 17.8 Å². The molecule has 0 saturated heterocycles. The van der Waals surface area contributed by atoms with Crippen LogP contribution >= 0.6 is 0 Å². The first kappa shape index (κ1) is 15.1. The molecule has 0 heterocycles. The maximum absolute atomic E-state index is 2.55. The van der Waals surface area contributed by atoms with E-state index in [2.05, 4.69) is 34.6 Å². The van der Waals surface area contributed by atoms with E-state index in [1.807, 2.05) is 0 Å². The Balaban J connectivity index is 2.57. The molecule has 0 N–H and O–H groups in total. The number of unbranched alkanes of at least 4 members (excludes halogenated alkanes) is 1. The van der Waals surface area contributed by atoms with Gasteiger partial charge in [0.2, 0.25) is 0 Å². The molecule has 1 fully saturated rings. The van der Waals surface area contributed by atoms with Crippen LogP contribution in [0.15, 0.2) is 0 Å². The van der Waals surface area contributed by atoms with Crippen molar-refractivity contribution in [3.63, 3.8) is 0 Å². The fourth-order valence-electron chi connectivity index (χ4n) is 3.89. The van der Waals surface area contributed by atoms with Crippen molar-refractivity contribution in [1.29, 1.82) is 0 Å². The third-order valence-corrected chi connectivity index (χ3v) is 5.52. The molecule has 0 aromatic heterocycles. The molecule has 0 heteroatoms. The molecule has 1 aliphatic rings. The van der Waals surface area contributed by atoms with Gasteiger partial charge in [0.1, 0.15) is 0 Å². The molecule has 0 spiro atoms. The zero-order valence-electron chi connectivity index (χ0n) is 12.9. The minimum atomic E-state index is 0.573. The molecular formula is C17H34. The van der Waals surface area contributed by atoms with Crippen LogP contribution in [0.1, 0.15) is 86.0 Å². The summed E-state index contributed by atoms with van der Waals surface area (Å²) in [6.07, 6.45) is 11.5. The third-order valence-electron chi connectivity index (χ3n) is 5.52. The summed E-state index contributed by atoms with van der Waals surface area (Å²) in [6, 6.07) is 0. The Morgan fingerprint density at radius 3 is 2.12 bits per heavy atom. The number of rotatable bonds is 6. The van der Waals surface area contributed by atoms with Gasteiger partial charge in [-0.1, -0.05) is 66.7 Å². The van der Waals surface area contributed by atoms with Crippen molar-refractivity contribution in [2.45, 2.75) is 86.0 Å². The Hall–Kier alpha value is 0. The highest BCUT2D eigenvalue weighted by Crippen LogP contribution is 2.47. The Bertz CT molecular complexity index is 189. The van der Waals surface area contributed by atoms with Gasteiger partial charge < -0.3 is 0 Å². The standard InChI is InChI=1S/C17H34/c1-6-8-9-15(7-2)17(4,5)16-12-10-14(3)11-13-16/h14-16H,6-13H2,1-5H3. The minimum absolute atomic E-state index is 0.573. The molecule has 1 saturated carbocycles. The van der Waals surface area contributed by atoms with E-state index >= 15 is 0 Å². The van der Waals surface area contributed by atoms with Gasteiger partial charge >= 0.3 is 0 Å². The van der Waals surface area contributed by atoms with Crippen molar-refractivity contribution < 1.29 is 0 Å². The quantitative estimate of drug-likeness (QED) is 0.528.